The highest BCUT2D eigenvalue weighted by molar-refractivity contribution is 6.06. The number of hydrogen-bond donors (Lipinski definition) is 0. The summed E-state index contributed by atoms with van der Waals surface area (Å²) in [5.74, 6) is 0.821. The molecule has 5 heterocycles. The molecular weight excluding hydrogens is 340 g/mol. The molecule has 5 atom stereocenters. The number of amides is 1. The highest BCUT2D eigenvalue weighted by Gasteiger charge is 2.67. The predicted octanol–water partition coefficient (Wildman–Crippen LogP) is 1.91. The minimum Gasteiger partial charge on any atom is -0.373 e. The van der Waals surface area contributed by atoms with Crippen LogP contribution in [-0.4, -0.2) is 55.5 Å². The fraction of sp³-hybridized carbons (Fsp3) is 0.545. The van der Waals surface area contributed by atoms with Crippen LogP contribution < -0.4 is 4.90 Å². The van der Waals surface area contributed by atoms with E-state index in [9.17, 15) is 9.59 Å². The van der Waals surface area contributed by atoms with E-state index < -0.39 is 5.41 Å². The van der Waals surface area contributed by atoms with Crippen LogP contribution in [0.5, 0.6) is 0 Å². The molecule has 1 saturated carbocycles. The number of hydrogen-bond acceptors (Lipinski definition) is 4. The molecule has 5 nitrogen and oxygen atoms in total. The maximum Gasteiger partial charge on any atom is 0.229 e. The van der Waals surface area contributed by atoms with Crippen LogP contribution in [0, 0.1) is 11.8 Å². The predicted molar refractivity (Wildman–Crippen MR) is 101 cm³/mol. The minimum atomic E-state index is -0.580. The van der Waals surface area contributed by atoms with Crippen molar-refractivity contribution in [2.24, 2.45) is 11.8 Å². The second-order valence-corrected chi connectivity index (χ2v) is 8.85. The second kappa shape index (κ2) is 5.30. The Labute approximate surface area is 159 Å². The number of carbonyl (C=O) groups excluding carboxylic acids is 2. The third kappa shape index (κ3) is 1.87. The van der Waals surface area contributed by atoms with Crippen molar-refractivity contribution in [3.8, 4) is 0 Å². The lowest BCUT2D eigenvalue weighted by molar-refractivity contribution is -0.140. The van der Waals surface area contributed by atoms with Gasteiger partial charge in [-0.3, -0.25) is 9.59 Å². The Morgan fingerprint density at radius 2 is 2.04 bits per heavy atom. The van der Waals surface area contributed by atoms with E-state index in [0.29, 0.717) is 25.2 Å². The number of para-hydroxylation sites is 1. The molecule has 1 amide bonds. The van der Waals surface area contributed by atoms with Crippen molar-refractivity contribution < 1.29 is 14.3 Å². The van der Waals surface area contributed by atoms with E-state index in [1.54, 1.807) is 0 Å². The highest BCUT2D eigenvalue weighted by Crippen LogP contribution is 2.60. The first-order valence-corrected chi connectivity index (χ1v) is 10.1. The highest BCUT2D eigenvalue weighted by atomic mass is 16.5. The van der Waals surface area contributed by atoms with Crippen LogP contribution >= 0.6 is 0 Å². The number of Topliss-reactive ketones (excluding diaryl/α,β-unsaturated/α-hetero) is 1. The molecule has 4 bridgehead atoms. The molecule has 0 aromatic heterocycles. The minimum absolute atomic E-state index is 0.0808. The number of piperidine rings is 1. The van der Waals surface area contributed by atoms with E-state index in [2.05, 4.69) is 24.1 Å². The molecule has 0 radical (unpaired) electrons. The number of nitrogens with zero attached hydrogens (tertiary/aromatic N) is 2. The van der Waals surface area contributed by atoms with Crippen LogP contribution in [0.3, 0.4) is 0 Å². The summed E-state index contributed by atoms with van der Waals surface area (Å²) in [6, 6.07) is 8.01. The summed E-state index contributed by atoms with van der Waals surface area (Å²) in [5.41, 5.74) is 2.78. The van der Waals surface area contributed by atoms with Gasteiger partial charge in [-0.2, -0.15) is 0 Å². The molecule has 4 fully saturated rings. The van der Waals surface area contributed by atoms with E-state index in [1.165, 1.54) is 5.57 Å². The van der Waals surface area contributed by atoms with Crippen molar-refractivity contribution in [2.75, 3.05) is 31.6 Å². The Hall–Kier alpha value is -1.98. The first-order chi connectivity index (χ1) is 13.1. The van der Waals surface area contributed by atoms with Crippen molar-refractivity contribution in [3.05, 3.63) is 41.5 Å². The van der Waals surface area contributed by atoms with Crippen LogP contribution in [0.15, 0.2) is 35.9 Å². The summed E-state index contributed by atoms with van der Waals surface area (Å²) in [6.45, 7) is 2.30. The summed E-state index contributed by atoms with van der Waals surface area (Å²) in [6.07, 6.45) is 3.88. The molecule has 5 heteroatoms. The molecule has 1 aromatic rings. The first-order valence-electron chi connectivity index (χ1n) is 10.1. The number of benzene rings is 1. The summed E-state index contributed by atoms with van der Waals surface area (Å²) in [5, 5.41) is 0. The second-order valence-electron chi connectivity index (χ2n) is 8.85. The van der Waals surface area contributed by atoms with Gasteiger partial charge in [0.05, 0.1) is 30.6 Å². The summed E-state index contributed by atoms with van der Waals surface area (Å²) in [4.78, 5) is 31.3. The van der Waals surface area contributed by atoms with Gasteiger partial charge in [-0.05, 0) is 37.6 Å². The standard InChI is InChI=1S/C22H24N2O3/c1-23-8-7-22-15-4-2-3-5-16(15)24-19(26)11-17-20(21(22)24)14(10-18(22)25)13(12-23)6-9-27-17/h2-6,14,17,20-21H,7-12H2,1H3/t14-,17-,20+,21-,22+/m1/s1. The van der Waals surface area contributed by atoms with Crippen LogP contribution in [-0.2, 0) is 19.7 Å². The van der Waals surface area contributed by atoms with Gasteiger partial charge in [0, 0.05) is 24.6 Å². The van der Waals surface area contributed by atoms with Gasteiger partial charge in [0.2, 0.25) is 5.91 Å². The number of rotatable bonds is 0. The van der Waals surface area contributed by atoms with Crippen molar-refractivity contribution in [2.45, 2.75) is 36.8 Å². The topological polar surface area (TPSA) is 49.9 Å². The molecule has 0 unspecified atom stereocenters. The molecule has 27 heavy (non-hydrogen) atoms. The van der Waals surface area contributed by atoms with Gasteiger partial charge < -0.3 is 14.5 Å². The average Bonchev–Trinajstić information content (AvgIpc) is 2.90. The zero-order valence-electron chi connectivity index (χ0n) is 15.6. The SMILES string of the molecule is CN1CC[C@@]23C(=O)C[C@@H]4C(=CCO[C@@H]5CC(=O)N(c6ccccc62)[C@@H]3[C@@H]45)C1. The number of ketones is 1. The fourth-order valence-corrected chi connectivity index (χ4v) is 6.64. The third-order valence-corrected chi connectivity index (χ3v) is 7.71. The van der Waals surface area contributed by atoms with Crippen molar-refractivity contribution >= 4 is 17.4 Å². The summed E-state index contributed by atoms with van der Waals surface area (Å²) >= 11 is 0. The van der Waals surface area contributed by atoms with Crippen molar-refractivity contribution in [1.82, 2.24) is 4.90 Å². The summed E-state index contributed by atoms with van der Waals surface area (Å²) < 4.78 is 6.20. The van der Waals surface area contributed by atoms with Gasteiger partial charge in [-0.25, -0.2) is 0 Å². The zero-order valence-corrected chi connectivity index (χ0v) is 15.6. The van der Waals surface area contributed by atoms with Crippen molar-refractivity contribution in [3.63, 3.8) is 0 Å². The maximum absolute atomic E-state index is 13.8. The van der Waals surface area contributed by atoms with Gasteiger partial charge in [0.15, 0.2) is 0 Å². The average molecular weight is 364 g/mol. The van der Waals surface area contributed by atoms with E-state index in [1.807, 2.05) is 23.1 Å². The van der Waals surface area contributed by atoms with Gasteiger partial charge >= 0.3 is 0 Å². The molecule has 1 aromatic carbocycles. The monoisotopic (exact) mass is 364 g/mol. The lowest BCUT2D eigenvalue weighted by atomic mass is 9.55. The van der Waals surface area contributed by atoms with E-state index in [4.69, 9.17) is 4.74 Å². The van der Waals surface area contributed by atoms with Crippen LogP contribution in [0.4, 0.5) is 5.69 Å². The molecular formula is C22H24N2O3. The maximum atomic E-state index is 13.8. The molecule has 6 aliphatic rings. The van der Waals surface area contributed by atoms with E-state index in [0.717, 1.165) is 30.8 Å². The number of ether oxygens (including phenoxy) is 1. The molecule has 1 aliphatic carbocycles. The molecule has 0 N–H and O–H groups in total. The van der Waals surface area contributed by atoms with Gasteiger partial charge in [0.1, 0.15) is 5.78 Å². The van der Waals surface area contributed by atoms with Gasteiger partial charge in [-0.15, -0.1) is 0 Å². The lowest BCUT2D eigenvalue weighted by Crippen LogP contribution is -2.66. The third-order valence-electron chi connectivity index (χ3n) is 7.71. The molecule has 140 valence electrons. The van der Waals surface area contributed by atoms with Crippen LogP contribution in [0.2, 0.25) is 0 Å². The van der Waals surface area contributed by atoms with Gasteiger partial charge in [-0.1, -0.05) is 29.8 Å². The molecule has 5 aliphatic heterocycles. The molecule has 7 rings (SSSR count). The number of fused-ring (bicyclic) bond motifs is 6. The molecule has 3 saturated heterocycles. The first kappa shape index (κ1) is 16.0. The number of anilines is 1. The molecule has 1 spiro atoms. The van der Waals surface area contributed by atoms with Crippen LogP contribution in [0.1, 0.15) is 24.8 Å². The normalized spacial score (nSPS) is 40.0. The van der Waals surface area contributed by atoms with E-state index >= 15 is 0 Å². The van der Waals surface area contributed by atoms with Crippen molar-refractivity contribution in [1.29, 1.82) is 0 Å². The zero-order chi connectivity index (χ0) is 18.3. The number of carbonyl (C=O) groups is 2. The largest absolute Gasteiger partial charge is 0.373 e. The number of likely N-dealkylation sites (N-methyl/N-ethyl adjacent to an activating group) is 1. The summed E-state index contributed by atoms with van der Waals surface area (Å²) in [7, 11) is 2.14. The van der Waals surface area contributed by atoms with Crippen LogP contribution in [0.25, 0.3) is 0 Å². The van der Waals surface area contributed by atoms with E-state index in [-0.39, 0.29) is 29.9 Å². The quantitative estimate of drug-likeness (QED) is 0.660. The Morgan fingerprint density at radius 3 is 2.93 bits per heavy atom. The van der Waals surface area contributed by atoms with Gasteiger partial charge in [0.25, 0.3) is 0 Å². The Balaban J connectivity index is 1.66. The fourth-order valence-electron chi connectivity index (χ4n) is 6.64. The Morgan fingerprint density at radius 1 is 1.19 bits per heavy atom. The Kier molecular flexibility index (Phi) is 3.14. The Bertz CT molecular complexity index is 893. The lowest BCUT2D eigenvalue weighted by Gasteiger charge is -2.53. The smallest absolute Gasteiger partial charge is 0.229 e.